The molecular weight excluding hydrogens is 276 g/mol. The highest BCUT2D eigenvalue weighted by Gasteiger charge is 2.33. The van der Waals surface area contributed by atoms with E-state index < -0.39 is 11.0 Å². The minimum Gasteiger partial charge on any atom is -0.330 e. The number of amides is 2. The molecule has 21 heavy (non-hydrogen) atoms. The molecular formula is C13H16N4O4. The summed E-state index contributed by atoms with van der Waals surface area (Å²) >= 11 is 0. The van der Waals surface area contributed by atoms with Gasteiger partial charge in [0.15, 0.2) is 0 Å². The van der Waals surface area contributed by atoms with Crippen molar-refractivity contribution in [1.29, 1.82) is 0 Å². The molecule has 1 aromatic rings. The highest BCUT2D eigenvalue weighted by molar-refractivity contribution is 5.97. The Morgan fingerprint density at radius 3 is 2.62 bits per heavy atom. The van der Waals surface area contributed by atoms with Crippen molar-refractivity contribution in [3.63, 3.8) is 0 Å². The van der Waals surface area contributed by atoms with Gasteiger partial charge in [0.1, 0.15) is 6.04 Å². The summed E-state index contributed by atoms with van der Waals surface area (Å²) in [4.78, 5) is 35.4. The van der Waals surface area contributed by atoms with Gasteiger partial charge in [-0.3, -0.25) is 19.7 Å². The molecule has 0 spiro atoms. The molecule has 1 aliphatic rings. The summed E-state index contributed by atoms with van der Waals surface area (Å²) in [5, 5.41) is 13.2. The lowest BCUT2D eigenvalue weighted by Crippen LogP contribution is -2.45. The lowest BCUT2D eigenvalue weighted by molar-refractivity contribution is -0.384. The number of hydrogen-bond acceptors (Lipinski definition) is 5. The number of nitro groups is 1. The molecule has 2 rings (SSSR count). The second-order valence-corrected chi connectivity index (χ2v) is 4.74. The Labute approximate surface area is 121 Å². The molecule has 112 valence electrons. The normalized spacial score (nSPS) is 17.6. The summed E-state index contributed by atoms with van der Waals surface area (Å²) in [6.07, 6.45) is 1.34. The van der Waals surface area contributed by atoms with Crippen molar-refractivity contribution < 1.29 is 14.5 Å². The molecule has 8 nitrogen and oxygen atoms in total. The van der Waals surface area contributed by atoms with Crippen LogP contribution in [0.5, 0.6) is 0 Å². The maximum absolute atomic E-state index is 12.2. The molecule has 0 saturated carbocycles. The Morgan fingerprint density at radius 2 is 2.05 bits per heavy atom. The van der Waals surface area contributed by atoms with Crippen molar-refractivity contribution in [3.8, 4) is 0 Å². The van der Waals surface area contributed by atoms with Gasteiger partial charge in [0.2, 0.25) is 11.8 Å². The zero-order valence-corrected chi connectivity index (χ0v) is 11.3. The summed E-state index contributed by atoms with van der Waals surface area (Å²) in [6, 6.07) is 5.01. The number of nitrogens with two attached hydrogens (primary N) is 1. The number of likely N-dealkylation sites (tertiary alicyclic amines) is 1. The SMILES string of the molecule is NCC(=O)N1CCCC1C(=O)Nc1ccc([N+](=O)[O-])cc1. The second-order valence-electron chi connectivity index (χ2n) is 4.74. The van der Waals surface area contributed by atoms with Crippen molar-refractivity contribution in [2.75, 3.05) is 18.4 Å². The monoisotopic (exact) mass is 292 g/mol. The van der Waals surface area contributed by atoms with E-state index in [4.69, 9.17) is 5.73 Å². The molecule has 0 radical (unpaired) electrons. The van der Waals surface area contributed by atoms with E-state index in [0.29, 0.717) is 18.7 Å². The van der Waals surface area contributed by atoms with E-state index in [-0.39, 0.29) is 24.0 Å². The van der Waals surface area contributed by atoms with Crippen LogP contribution in [-0.4, -0.2) is 40.8 Å². The van der Waals surface area contributed by atoms with Gasteiger partial charge in [0.25, 0.3) is 5.69 Å². The zero-order valence-electron chi connectivity index (χ0n) is 11.3. The van der Waals surface area contributed by atoms with Gasteiger partial charge in [-0.2, -0.15) is 0 Å². The number of hydrogen-bond donors (Lipinski definition) is 2. The van der Waals surface area contributed by atoms with E-state index in [0.717, 1.165) is 6.42 Å². The molecule has 1 aromatic carbocycles. The van der Waals surface area contributed by atoms with Gasteiger partial charge >= 0.3 is 0 Å². The fourth-order valence-electron chi connectivity index (χ4n) is 2.35. The summed E-state index contributed by atoms with van der Waals surface area (Å²) in [5.74, 6) is -0.556. The van der Waals surface area contributed by atoms with E-state index in [1.807, 2.05) is 0 Å². The average Bonchev–Trinajstić information content (AvgIpc) is 2.96. The molecule has 2 amide bonds. The van der Waals surface area contributed by atoms with Crippen LogP contribution in [0.3, 0.4) is 0 Å². The predicted octanol–water partition coefficient (Wildman–Crippen LogP) is 0.483. The third kappa shape index (κ3) is 3.34. The standard InChI is InChI=1S/C13H16N4O4/c14-8-12(18)16-7-1-2-11(16)13(19)15-9-3-5-10(6-4-9)17(20)21/h3-6,11H,1-2,7-8,14H2,(H,15,19). The number of anilines is 1. The van der Waals surface area contributed by atoms with Gasteiger partial charge in [-0.25, -0.2) is 0 Å². The van der Waals surface area contributed by atoms with Crippen LogP contribution in [0.2, 0.25) is 0 Å². The molecule has 8 heteroatoms. The second kappa shape index (κ2) is 6.31. The number of carbonyl (C=O) groups excluding carboxylic acids is 2. The smallest absolute Gasteiger partial charge is 0.269 e. The van der Waals surface area contributed by atoms with Crippen molar-refractivity contribution in [3.05, 3.63) is 34.4 Å². The summed E-state index contributed by atoms with van der Waals surface area (Å²) < 4.78 is 0. The number of benzene rings is 1. The molecule has 0 aromatic heterocycles. The number of nitrogens with one attached hydrogen (secondary N) is 1. The summed E-state index contributed by atoms with van der Waals surface area (Å²) in [5.41, 5.74) is 5.73. The van der Waals surface area contributed by atoms with Gasteiger partial charge in [0, 0.05) is 24.4 Å². The van der Waals surface area contributed by atoms with Crippen LogP contribution in [0.1, 0.15) is 12.8 Å². The van der Waals surface area contributed by atoms with Crippen molar-refractivity contribution in [2.24, 2.45) is 5.73 Å². The molecule has 0 bridgehead atoms. The molecule has 1 unspecified atom stereocenters. The van der Waals surface area contributed by atoms with E-state index in [9.17, 15) is 19.7 Å². The largest absolute Gasteiger partial charge is 0.330 e. The Kier molecular flexibility index (Phi) is 4.49. The van der Waals surface area contributed by atoms with Crippen LogP contribution < -0.4 is 11.1 Å². The fourth-order valence-corrected chi connectivity index (χ4v) is 2.35. The molecule has 1 aliphatic heterocycles. The summed E-state index contributed by atoms with van der Waals surface area (Å²) in [6.45, 7) is 0.399. The Morgan fingerprint density at radius 1 is 1.38 bits per heavy atom. The highest BCUT2D eigenvalue weighted by Crippen LogP contribution is 2.20. The van der Waals surface area contributed by atoms with E-state index in [1.54, 1.807) is 0 Å². The topological polar surface area (TPSA) is 119 Å². The maximum Gasteiger partial charge on any atom is 0.269 e. The maximum atomic E-state index is 12.2. The number of rotatable bonds is 4. The number of nitro benzene ring substituents is 1. The first-order chi connectivity index (χ1) is 10.0. The van der Waals surface area contributed by atoms with Crippen molar-refractivity contribution >= 4 is 23.2 Å². The first-order valence-electron chi connectivity index (χ1n) is 6.58. The van der Waals surface area contributed by atoms with Crippen molar-refractivity contribution in [1.82, 2.24) is 4.90 Å². The first-order valence-corrected chi connectivity index (χ1v) is 6.58. The van der Waals surface area contributed by atoms with E-state index in [1.165, 1.54) is 29.2 Å². The molecule has 1 saturated heterocycles. The van der Waals surface area contributed by atoms with Gasteiger partial charge in [-0.05, 0) is 25.0 Å². The average molecular weight is 292 g/mol. The van der Waals surface area contributed by atoms with Crippen molar-refractivity contribution in [2.45, 2.75) is 18.9 Å². The molecule has 1 fully saturated rings. The third-order valence-corrected chi connectivity index (χ3v) is 3.40. The van der Waals surface area contributed by atoms with E-state index in [2.05, 4.69) is 5.32 Å². The molecule has 1 heterocycles. The van der Waals surface area contributed by atoms with Crippen LogP contribution in [0.25, 0.3) is 0 Å². The number of non-ortho nitro benzene ring substituents is 1. The van der Waals surface area contributed by atoms with Crippen LogP contribution >= 0.6 is 0 Å². The van der Waals surface area contributed by atoms with Gasteiger partial charge in [0.05, 0.1) is 11.5 Å². The highest BCUT2D eigenvalue weighted by atomic mass is 16.6. The minimum absolute atomic E-state index is 0.0474. The van der Waals surface area contributed by atoms with Crippen LogP contribution in [0.4, 0.5) is 11.4 Å². The predicted molar refractivity (Wildman–Crippen MR) is 75.5 cm³/mol. The van der Waals surface area contributed by atoms with Gasteiger partial charge < -0.3 is 16.0 Å². The minimum atomic E-state index is -0.531. The Hall–Kier alpha value is -2.48. The fraction of sp³-hybridized carbons (Fsp3) is 0.385. The molecule has 3 N–H and O–H groups in total. The van der Waals surface area contributed by atoms with Crippen LogP contribution in [0, 0.1) is 10.1 Å². The molecule has 1 atom stereocenters. The Bertz CT molecular complexity index is 558. The zero-order chi connectivity index (χ0) is 15.4. The van der Waals surface area contributed by atoms with Crippen LogP contribution in [0.15, 0.2) is 24.3 Å². The number of nitrogens with zero attached hydrogens (tertiary/aromatic N) is 2. The third-order valence-electron chi connectivity index (χ3n) is 3.40. The lowest BCUT2D eigenvalue weighted by atomic mass is 10.2. The Balaban J connectivity index is 2.03. The van der Waals surface area contributed by atoms with Crippen LogP contribution in [-0.2, 0) is 9.59 Å². The van der Waals surface area contributed by atoms with Gasteiger partial charge in [-0.15, -0.1) is 0 Å². The molecule has 0 aliphatic carbocycles. The summed E-state index contributed by atoms with van der Waals surface area (Å²) in [7, 11) is 0. The first kappa shape index (κ1) is 14.9. The number of carbonyl (C=O) groups is 2. The van der Waals surface area contributed by atoms with Gasteiger partial charge in [-0.1, -0.05) is 0 Å². The quantitative estimate of drug-likeness (QED) is 0.618. The van der Waals surface area contributed by atoms with E-state index >= 15 is 0 Å². The lowest BCUT2D eigenvalue weighted by Gasteiger charge is -2.23.